The molecule has 1 aliphatic carbocycles. The van der Waals surface area contributed by atoms with Crippen LogP contribution in [0.4, 0.5) is 0 Å². The molecule has 6 heteroatoms. The topological polar surface area (TPSA) is 48.8 Å². The lowest BCUT2D eigenvalue weighted by Crippen LogP contribution is -2.41. The van der Waals surface area contributed by atoms with Crippen molar-refractivity contribution in [2.24, 2.45) is 0 Å². The highest BCUT2D eigenvalue weighted by molar-refractivity contribution is 7.09. The molecule has 2 fully saturated rings. The molecule has 5 nitrogen and oxygen atoms in total. The first kappa shape index (κ1) is 15.4. The molecule has 0 bridgehead atoms. The number of hydrogen-bond acceptors (Lipinski definition) is 6. The molecule has 0 aromatic carbocycles. The fourth-order valence-electron chi connectivity index (χ4n) is 2.66. The number of ether oxygens (including phenoxy) is 1. The van der Waals surface area contributed by atoms with Crippen LogP contribution in [0.2, 0.25) is 0 Å². The molecule has 1 aromatic heterocycles. The molecule has 0 atom stereocenters. The molecule has 2 heterocycles. The summed E-state index contributed by atoms with van der Waals surface area (Å²) in [4.78, 5) is 9.49. The number of aromatic nitrogens is 1. The lowest BCUT2D eigenvalue weighted by atomic mass is 10.3. The van der Waals surface area contributed by atoms with E-state index in [1.54, 1.807) is 11.3 Å². The minimum atomic E-state index is 0.211. The Bertz CT molecular complexity index is 430. The van der Waals surface area contributed by atoms with Crippen LogP contribution in [0, 0.1) is 0 Å². The standard InChI is InChI=1S/C15H25N3O2S/c19-8-5-18(4-3-17-6-9-20-10-7-17)11-14-12-21-15(16-14)13-1-2-13/h12-13,19H,1-11H2. The Labute approximate surface area is 130 Å². The number of hydrogen-bond donors (Lipinski definition) is 1. The van der Waals surface area contributed by atoms with E-state index in [1.807, 2.05) is 0 Å². The smallest absolute Gasteiger partial charge is 0.0959 e. The zero-order chi connectivity index (χ0) is 14.5. The molecule has 2 aliphatic rings. The summed E-state index contributed by atoms with van der Waals surface area (Å²) in [5.74, 6) is 0.739. The Balaban J connectivity index is 1.47. The summed E-state index contributed by atoms with van der Waals surface area (Å²) in [5.41, 5.74) is 1.16. The van der Waals surface area contributed by atoms with Gasteiger partial charge in [-0.25, -0.2) is 4.98 Å². The number of morpholine rings is 1. The summed E-state index contributed by atoms with van der Waals surface area (Å²) in [6, 6.07) is 0. The van der Waals surface area contributed by atoms with Gasteiger partial charge in [-0.1, -0.05) is 0 Å². The molecule has 0 amide bonds. The first-order chi connectivity index (χ1) is 10.3. The van der Waals surface area contributed by atoms with Crippen molar-refractivity contribution < 1.29 is 9.84 Å². The number of rotatable bonds is 8. The molecule has 3 rings (SSSR count). The maximum absolute atomic E-state index is 9.26. The molecule has 0 spiro atoms. The summed E-state index contributed by atoms with van der Waals surface area (Å²) in [5, 5.41) is 12.8. The Kier molecular flexibility index (Phi) is 5.60. The van der Waals surface area contributed by atoms with E-state index in [9.17, 15) is 5.11 Å². The van der Waals surface area contributed by atoms with Crippen molar-refractivity contribution in [3.05, 3.63) is 16.1 Å². The van der Waals surface area contributed by atoms with E-state index in [0.717, 1.165) is 64.1 Å². The number of thiazole rings is 1. The van der Waals surface area contributed by atoms with E-state index in [2.05, 4.69) is 15.2 Å². The van der Waals surface area contributed by atoms with Gasteiger partial charge in [0.25, 0.3) is 0 Å². The highest BCUT2D eigenvalue weighted by atomic mass is 32.1. The van der Waals surface area contributed by atoms with Crippen LogP contribution in [-0.2, 0) is 11.3 Å². The van der Waals surface area contributed by atoms with E-state index in [-0.39, 0.29) is 6.61 Å². The van der Waals surface area contributed by atoms with Crippen LogP contribution in [0.15, 0.2) is 5.38 Å². The molecule has 118 valence electrons. The average Bonchev–Trinajstić information content (AvgIpc) is 3.26. The van der Waals surface area contributed by atoms with Crippen LogP contribution >= 0.6 is 11.3 Å². The molecule has 1 saturated carbocycles. The molecule has 1 aliphatic heterocycles. The predicted octanol–water partition coefficient (Wildman–Crippen LogP) is 1.15. The minimum Gasteiger partial charge on any atom is -0.395 e. The van der Waals surface area contributed by atoms with Crippen molar-refractivity contribution in [1.82, 2.24) is 14.8 Å². The van der Waals surface area contributed by atoms with Crippen molar-refractivity contribution in [1.29, 1.82) is 0 Å². The Hall–Kier alpha value is -0.530. The van der Waals surface area contributed by atoms with Gasteiger partial charge < -0.3 is 9.84 Å². The quantitative estimate of drug-likeness (QED) is 0.780. The molecule has 1 N–H and O–H groups in total. The van der Waals surface area contributed by atoms with Gasteiger partial charge in [0, 0.05) is 50.6 Å². The predicted molar refractivity (Wildman–Crippen MR) is 83.7 cm³/mol. The summed E-state index contributed by atoms with van der Waals surface area (Å²) in [6.45, 7) is 7.55. The summed E-state index contributed by atoms with van der Waals surface area (Å²) < 4.78 is 5.38. The van der Waals surface area contributed by atoms with E-state index in [4.69, 9.17) is 9.72 Å². The number of aliphatic hydroxyl groups excluding tert-OH is 1. The first-order valence-corrected chi connectivity index (χ1v) is 8.81. The van der Waals surface area contributed by atoms with Crippen LogP contribution in [0.1, 0.15) is 29.5 Å². The van der Waals surface area contributed by atoms with Gasteiger partial charge in [-0.05, 0) is 12.8 Å². The van der Waals surface area contributed by atoms with Crippen LogP contribution in [0.3, 0.4) is 0 Å². The van der Waals surface area contributed by atoms with Gasteiger partial charge >= 0.3 is 0 Å². The first-order valence-electron chi connectivity index (χ1n) is 7.93. The van der Waals surface area contributed by atoms with Crippen molar-refractivity contribution >= 4 is 11.3 Å². The molecule has 1 aromatic rings. The SMILES string of the molecule is OCCN(CCN1CCOCC1)Cc1csc(C2CC2)n1. The van der Waals surface area contributed by atoms with Gasteiger partial charge in [-0.3, -0.25) is 9.80 Å². The second-order valence-electron chi connectivity index (χ2n) is 5.91. The maximum atomic E-state index is 9.26. The Morgan fingerprint density at radius 3 is 2.86 bits per heavy atom. The Morgan fingerprint density at radius 1 is 1.33 bits per heavy atom. The van der Waals surface area contributed by atoms with Crippen molar-refractivity contribution in [2.45, 2.75) is 25.3 Å². The molecular weight excluding hydrogens is 286 g/mol. The molecule has 0 unspecified atom stereocenters. The van der Waals surface area contributed by atoms with Gasteiger partial charge in [0.15, 0.2) is 0 Å². The van der Waals surface area contributed by atoms with E-state index >= 15 is 0 Å². The third kappa shape index (κ3) is 4.72. The van der Waals surface area contributed by atoms with E-state index in [1.165, 1.54) is 17.8 Å². The summed E-state index contributed by atoms with van der Waals surface area (Å²) in [6.07, 6.45) is 2.62. The van der Waals surface area contributed by atoms with Crippen LogP contribution in [0.5, 0.6) is 0 Å². The van der Waals surface area contributed by atoms with Gasteiger partial charge in [0.1, 0.15) is 0 Å². The van der Waals surface area contributed by atoms with Crippen molar-refractivity contribution in [3.8, 4) is 0 Å². The average molecular weight is 311 g/mol. The molecule has 1 saturated heterocycles. The molecular formula is C15H25N3O2S. The van der Waals surface area contributed by atoms with Crippen LogP contribution in [-0.4, -0.2) is 72.4 Å². The largest absolute Gasteiger partial charge is 0.395 e. The zero-order valence-corrected chi connectivity index (χ0v) is 13.4. The van der Waals surface area contributed by atoms with Gasteiger partial charge in [0.05, 0.1) is 30.5 Å². The lowest BCUT2D eigenvalue weighted by Gasteiger charge is -2.29. The van der Waals surface area contributed by atoms with Crippen LogP contribution < -0.4 is 0 Å². The van der Waals surface area contributed by atoms with Gasteiger partial charge in [-0.15, -0.1) is 11.3 Å². The molecule has 0 radical (unpaired) electrons. The van der Waals surface area contributed by atoms with E-state index in [0.29, 0.717) is 0 Å². The fourth-order valence-corrected chi connectivity index (χ4v) is 3.64. The second-order valence-corrected chi connectivity index (χ2v) is 6.79. The third-order valence-electron chi connectivity index (χ3n) is 4.13. The van der Waals surface area contributed by atoms with Gasteiger partial charge in [0.2, 0.25) is 0 Å². The maximum Gasteiger partial charge on any atom is 0.0959 e. The lowest BCUT2D eigenvalue weighted by molar-refractivity contribution is 0.0319. The van der Waals surface area contributed by atoms with Crippen molar-refractivity contribution in [2.75, 3.05) is 52.5 Å². The van der Waals surface area contributed by atoms with Crippen molar-refractivity contribution in [3.63, 3.8) is 0 Å². The highest BCUT2D eigenvalue weighted by Gasteiger charge is 2.26. The summed E-state index contributed by atoms with van der Waals surface area (Å²) in [7, 11) is 0. The highest BCUT2D eigenvalue weighted by Crippen LogP contribution is 2.41. The summed E-state index contributed by atoms with van der Waals surface area (Å²) >= 11 is 1.80. The fraction of sp³-hybridized carbons (Fsp3) is 0.800. The number of aliphatic hydroxyl groups is 1. The minimum absolute atomic E-state index is 0.211. The normalized spacial score (nSPS) is 20.3. The van der Waals surface area contributed by atoms with E-state index < -0.39 is 0 Å². The monoisotopic (exact) mass is 311 g/mol. The number of nitrogens with zero attached hydrogens (tertiary/aromatic N) is 3. The second kappa shape index (κ2) is 7.65. The molecule has 21 heavy (non-hydrogen) atoms. The van der Waals surface area contributed by atoms with Crippen LogP contribution in [0.25, 0.3) is 0 Å². The Morgan fingerprint density at radius 2 is 2.14 bits per heavy atom. The third-order valence-corrected chi connectivity index (χ3v) is 5.19. The van der Waals surface area contributed by atoms with Gasteiger partial charge in [-0.2, -0.15) is 0 Å². The zero-order valence-electron chi connectivity index (χ0n) is 12.5.